The third-order valence-corrected chi connectivity index (χ3v) is 13.2. The predicted molar refractivity (Wildman–Crippen MR) is 352 cm³/mol. The Morgan fingerprint density at radius 2 is 0.494 bits per heavy atom. The zero-order valence-electron chi connectivity index (χ0n) is 52.0. The number of hydrogen-bond donors (Lipinski definition) is 0. The number of esters is 3. The zero-order valence-corrected chi connectivity index (χ0v) is 52.0. The Hall–Kier alpha value is -5.23. The molecular formula is C75H118O6. The van der Waals surface area contributed by atoms with Gasteiger partial charge in [0.25, 0.3) is 0 Å². The molecule has 0 aromatic heterocycles. The summed E-state index contributed by atoms with van der Waals surface area (Å²) in [5.41, 5.74) is 0. The molecule has 0 heterocycles. The molecule has 0 aliphatic rings. The Bertz CT molecular complexity index is 1860. The summed E-state index contributed by atoms with van der Waals surface area (Å²) in [6.07, 6.45) is 99.4. The molecule has 0 fully saturated rings. The molecule has 6 nitrogen and oxygen atoms in total. The van der Waals surface area contributed by atoms with Gasteiger partial charge < -0.3 is 14.2 Å². The van der Waals surface area contributed by atoms with Crippen LogP contribution >= 0.6 is 0 Å². The second-order valence-corrected chi connectivity index (χ2v) is 20.9. The highest BCUT2D eigenvalue weighted by Gasteiger charge is 2.19. The maximum absolute atomic E-state index is 12.9. The maximum atomic E-state index is 12.9. The van der Waals surface area contributed by atoms with Crippen LogP contribution in [0.3, 0.4) is 0 Å². The van der Waals surface area contributed by atoms with Gasteiger partial charge in [0.15, 0.2) is 6.10 Å². The molecule has 81 heavy (non-hydrogen) atoms. The Labute approximate surface area is 498 Å². The van der Waals surface area contributed by atoms with E-state index in [2.05, 4.69) is 191 Å². The number of rotatable bonds is 57. The molecule has 0 aromatic rings. The molecule has 1 atom stereocenters. The van der Waals surface area contributed by atoms with Gasteiger partial charge in [0.1, 0.15) is 13.2 Å². The molecule has 0 aliphatic carbocycles. The summed E-state index contributed by atoms with van der Waals surface area (Å²) in [6.45, 7) is 6.31. The van der Waals surface area contributed by atoms with Crippen LogP contribution in [0.4, 0.5) is 0 Å². The van der Waals surface area contributed by atoms with Gasteiger partial charge in [-0.25, -0.2) is 0 Å². The van der Waals surface area contributed by atoms with E-state index in [0.29, 0.717) is 19.3 Å². The first-order valence-electron chi connectivity index (χ1n) is 32.6. The van der Waals surface area contributed by atoms with Crippen LogP contribution in [0.5, 0.6) is 0 Å². The minimum atomic E-state index is -0.839. The molecule has 1 unspecified atom stereocenters. The van der Waals surface area contributed by atoms with Gasteiger partial charge in [0, 0.05) is 19.3 Å². The van der Waals surface area contributed by atoms with Crippen molar-refractivity contribution in [3.63, 3.8) is 0 Å². The summed E-state index contributed by atoms with van der Waals surface area (Å²) in [4.78, 5) is 38.3. The van der Waals surface area contributed by atoms with Crippen molar-refractivity contribution in [2.75, 3.05) is 13.2 Å². The highest BCUT2D eigenvalue weighted by molar-refractivity contribution is 5.71. The van der Waals surface area contributed by atoms with Crippen LogP contribution in [-0.2, 0) is 28.6 Å². The molecule has 0 radical (unpaired) electrons. The fraction of sp³-hybridized carbons (Fsp3) is 0.587. The second-order valence-electron chi connectivity index (χ2n) is 20.9. The molecule has 0 rings (SSSR count). The van der Waals surface area contributed by atoms with Crippen LogP contribution in [0.15, 0.2) is 170 Å². The van der Waals surface area contributed by atoms with Crippen molar-refractivity contribution in [1.29, 1.82) is 0 Å². The van der Waals surface area contributed by atoms with Gasteiger partial charge in [-0.15, -0.1) is 0 Å². The average molecular weight is 1120 g/mol. The Balaban J connectivity index is 4.52. The monoisotopic (exact) mass is 1110 g/mol. The lowest BCUT2D eigenvalue weighted by Gasteiger charge is -2.18. The molecule has 0 amide bonds. The molecule has 454 valence electrons. The normalized spacial score (nSPS) is 13.3. The minimum Gasteiger partial charge on any atom is -0.462 e. The summed E-state index contributed by atoms with van der Waals surface area (Å²) in [5.74, 6) is -1.04. The van der Waals surface area contributed by atoms with Gasteiger partial charge >= 0.3 is 17.9 Å². The van der Waals surface area contributed by atoms with Crippen LogP contribution in [0.1, 0.15) is 265 Å². The number of unbranched alkanes of at least 4 members (excludes halogenated alkanes) is 18. The molecular weight excluding hydrogens is 997 g/mol. The topological polar surface area (TPSA) is 78.9 Å². The summed E-state index contributed by atoms with van der Waals surface area (Å²) in [7, 11) is 0. The highest BCUT2D eigenvalue weighted by Crippen LogP contribution is 2.14. The summed E-state index contributed by atoms with van der Waals surface area (Å²) in [6, 6.07) is 0. The van der Waals surface area contributed by atoms with Gasteiger partial charge in [0.05, 0.1) is 0 Å². The smallest absolute Gasteiger partial charge is 0.306 e. The quantitative estimate of drug-likeness (QED) is 0.0261. The fourth-order valence-electron chi connectivity index (χ4n) is 8.37. The Morgan fingerprint density at radius 3 is 0.815 bits per heavy atom. The first-order chi connectivity index (χ1) is 40.0. The summed E-state index contributed by atoms with van der Waals surface area (Å²) < 4.78 is 16.8. The van der Waals surface area contributed by atoms with Gasteiger partial charge in [-0.1, -0.05) is 268 Å². The maximum Gasteiger partial charge on any atom is 0.306 e. The van der Waals surface area contributed by atoms with E-state index in [4.69, 9.17) is 14.2 Å². The van der Waals surface area contributed by atoms with Crippen molar-refractivity contribution < 1.29 is 28.6 Å². The van der Waals surface area contributed by atoms with E-state index >= 15 is 0 Å². The number of carbonyl (C=O) groups excluding carboxylic acids is 3. The van der Waals surface area contributed by atoms with E-state index in [-0.39, 0.29) is 44.0 Å². The van der Waals surface area contributed by atoms with Crippen molar-refractivity contribution >= 4 is 17.9 Å². The molecule has 0 saturated carbocycles. The average Bonchev–Trinajstić information content (AvgIpc) is 3.47. The van der Waals surface area contributed by atoms with Crippen molar-refractivity contribution in [3.05, 3.63) is 170 Å². The number of ether oxygens (including phenoxy) is 3. The van der Waals surface area contributed by atoms with Crippen LogP contribution in [0.2, 0.25) is 0 Å². The molecule has 0 saturated heterocycles. The summed E-state index contributed by atoms with van der Waals surface area (Å²) >= 11 is 0. The van der Waals surface area contributed by atoms with E-state index in [1.54, 1.807) is 0 Å². The zero-order chi connectivity index (χ0) is 58.5. The van der Waals surface area contributed by atoms with Gasteiger partial charge in [-0.3, -0.25) is 14.4 Å². The van der Waals surface area contributed by atoms with E-state index < -0.39 is 6.10 Å². The third kappa shape index (κ3) is 65.5. The predicted octanol–water partition coefficient (Wildman–Crippen LogP) is 22.7. The number of hydrogen-bond acceptors (Lipinski definition) is 6. The largest absolute Gasteiger partial charge is 0.462 e. The molecule has 0 aromatic carbocycles. The van der Waals surface area contributed by atoms with Crippen LogP contribution in [0, 0.1) is 0 Å². The van der Waals surface area contributed by atoms with Crippen molar-refractivity contribution in [1.82, 2.24) is 0 Å². The Morgan fingerprint density at radius 1 is 0.259 bits per heavy atom. The van der Waals surface area contributed by atoms with Crippen molar-refractivity contribution in [3.8, 4) is 0 Å². The number of carbonyl (C=O) groups is 3. The molecule has 0 N–H and O–H groups in total. The lowest BCUT2D eigenvalue weighted by Crippen LogP contribution is -2.30. The SMILES string of the molecule is CC/C=C\C/C=C\C/C=C\C/C=C\C/C=C\C/C=C\C/C=C\CCCC(=O)OC(COC(=O)CCCC/C=C\C/C=C\C/C=C\C/C=C\CC)COC(=O)CCCCCCCCCCCC/C=C\C/C=C\C/C=C\CCCCCCC. The first kappa shape index (κ1) is 75.8. The minimum absolute atomic E-state index is 0.124. The molecule has 0 spiro atoms. The molecule has 6 heteroatoms. The van der Waals surface area contributed by atoms with E-state index in [0.717, 1.165) is 122 Å². The van der Waals surface area contributed by atoms with Gasteiger partial charge in [-0.2, -0.15) is 0 Å². The standard InChI is InChI=1S/C75H118O6/c1-4-7-10-13-16-19-22-25-28-30-32-34-36-37-39-40-42-44-47-50-53-56-59-62-65-68-74(77)80-71-72(70-79-73(76)67-64-61-58-55-52-49-46-27-24-21-18-15-12-9-6-3)81-75(78)69-66-63-60-57-54-51-48-45-43-41-38-35-33-31-29-26-23-20-17-14-11-8-5-2/h8-9,11-12,17-18,20-22,25-27,29-30,32-33,35-37,41,43,46,48,51-52,55,57,60,72H,4-7,10,13-16,19,23-24,28,31,34,38-40,42,44-45,47,49-50,53-54,56,58-59,61-71H2,1-3H3/b11-8-,12-9-,20-17-,21-18-,25-22-,29-26-,32-30-,35-33-,37-36-,43-41-,46-27-,51-48-,55-52-,60-57-. The van der Waals surface area contributed by atoms with Crippen molar-refractivity contribution in [2.24, 2.45) is 0 Å². The fourth-order valence-corrected chi connectivity index (χ4v) is 8.37. The Kier molecular flexibility index (Phi) is 62.9. The lowest BCUT2D eigenvalue weighted by atomic mass is 10.1. The summed E-state index contributed by atoms with van der Waals surface area (Å²) in [5, 5.41) is 0. The molecule has 0 aliphatic heterocycles. The van der Waals surface area contributed by atoms with Gasteiger partial charge in [0.2, 0.25) is 0 Å². The molecule has 0 bridgehead atoms. The van der Waals surface area contributed by atoms with Crippen molar-refractivity contribution in [2.45, 2.75) is 271 Å². The van der Waals surface area contributed by atoms with Crippen LogP contribution < -0.4 is 0 Å². The van der Waals surface area contributed by atoms with Crippen LogP contribution in [0.25, 0.3) is 0 Å². The number of allylic oxidation sites excluding steroid dienone is 28. The van der Waals surface area contributed by atoms with E-state index in [9.17, 15) is 14.4 Å². The van der Waals surface area contributed by atoms with E-state index in [1.165, 1.54) is 89.9 Å². The second kappa shape index (κ2) is 67.3. The van der Waals surface area contributed by atoms with Crippen LogP contribution in [-0.4, -0.2) is 37.2 Å². The highest BCUT2D eigenvalue weighted by atomic mass is 16.6. The third-order valence-electron chi connectivity index (χ3n) is 13.2. The lowest BCUT2D eigenvalue weighted by molar-refractivity contribution is -0.167. The first-order valence-corrected chi connectivity index (χ1v) is 32.6. The van der Waals surface area contributed by atoms with E-state index in [1.807, 2.05) is 0 Å². The van der Waals surface area contributed by atoms with Gasteiger partial charge in [-0.05, 0) is 148 Å².